The second-order valence-corrected chi connectivity index (χ2v) is 5.72. The summed E-state index contributed by atoms with van der Waals surface area (Å²) in [4.78, 5) is 11.8. The first kappa shape index (κ1) is 16.9. The summed E-state index contributed by atoms with van der Waals surface area (Å²) in [6.07, 6.45) is 0.390. The average molecular weight is 374 g/mol. The molecule has 4 aromatic rings. The smallest absolute Gasteiger partial charge is 0.366 e. The summed E-state index contributed by atoms with van der Waals surface area (Å²) >= 11 is 0. The molecule has 0 aliphatic heterocycles. The van der Waals surface area contributed by atoms with Crippen LogP contribution in [-0.4, -0.2) is 34.3 Å². The van der Waals surface area contributed by atoms with Crippen LogP contribution < -0.4 is 5.32 Å². The Kier molecular flexibility index (Phi) is 3.98. The van der Waals surface area contributed by atoms with Crippen molar-refractivity contribution in [3.05, 3.63) is 59.9 Å². The summed E-state index contributed by atoms with van der Waals surface area (Å²) in [5, 5.41) is 10.8. The minimum Gasteiger partial charge on any atom is -0.366 e. The standard InChI is InChI=1S/C16H13F3N8/c1-10-8-12(27-15(23-10)24-14(25-27)16(17,18)19)21-9-11-4-2-5-20-13(11)26-7-3-6-22-26/h2-8,21H,9H2,1H3. The maximum absolute atomic E-state index is 12.9. The highest BCUT2D eigenvalue weighted by Gasteiger charge is 2.36. The zero-order valence-electron chi connectivity index (χ0n) is 14.0. The molecule has 0 saturated carbocycles. The summed E-state index contributed by atoms with van der Waals surface area (Å²) in [7, 11) is 0. The highest BCUT2D eigenvalue weighted by molar-refractivity contribution is 5.47. The molecular formula is C16H13F3N8. The Labute approximate surface area is 150 Å². The fourth-order valence-corrected chi connectivity index (χ4v) is 2.59. The van der Waals surface area contributed by atoms with Crippen LogP contribution in [0.1, 0.15) is 17.1 Å². The third-order valence-electron chi connectivity index (χ3n) is 3.74. The van der Waals surface area contributed by atoms with Crippen LogP contribution in [-0.2, 0) is 12.7 Å². The van der Waals surface area contributed by atoms with E-state index in [4.69, 9.17) is 0 Å². The Morgan fingerprint density at radius 2 is 2.00 bits per heavy atom. The van der Waals surface area contributed by atoms with Crippen molar-refractivity contribution in [3.8, 4) is 5.82 Å². The van der Waals surface area contributed by atoms with E-state index >= 15 is 0 Å². The van der Waals surface area contributed by atoms with E-state index in [1.165, 1.54) is 0 Å². The van der Waals surface area contributed by atoms with E-state index in [0.29, 0.717) is 23.9 Å². The molecule has 11 heteroatoms. The van der Waals surface area contributed by atoms with Crippen molar-refractivity contribution in [1.82, 2.24) is 34.3 Å². The number of hydrogen-bond donors (Lipinski definition) is 1. The molecular weight excluding hydrogens is 361 g/mol. The molecule has 0 aliphatic carbocycles. The summed E-state index contributed by atoms with van der Waals surface area (Å²) in [6, 6.07) is 7.00. The lowest BCUT2D eigenvalue weighted by Crippen LogP contribution is -2.11. The molecule has 4 heterocycles. The highest BCUT2D eigenvalue weighted by Crippen LogP contribution is 2.27. The number of rotatable bonds is 4. The Morgan fingerprint density at radius 1 is 1.15 bits per heavy atom. The quantitative estimate of drug-likeness (QED) is 0.591. The third kappa shape index (κ3) is 3.30. The number of aryl methyl sites for hydroxylation is 1. The highest BCUT2D eigenvalue weighted by atomic mass is 19.4. The molecule has 4 rings (SSSR count). The van der Waals surface area contributed by atoms with Crippen LogP contribution in [0.3, 0.4) is 0 Å². The van der Waals surface area contributed by atoms with E-state index in [-0.39, 0.29) is 5.78 Å². The molecule has 0 amide bonds. The Bertz CT molecular complexity index is 1080. The number of fused-ring (bicyclic) bond motifs is 1. The summed E-state index contributed by atoms with van der Waals surface area (Å²) in [5.41, 5.74) is 1.32. The molecule has 0 unspecified atom stereocenters. The largest absolute Gasteiger partial charge is 0.453 e. The average Bonchev–Trinajstić information content (AvgIpc) is 3.29. The number of nitrogens with one attached hydrogen (secondary N) is 1. The van der Waals surface area contributed by atoms with Gasteiger partial charge < -0.3 is 5.32 Å². The van der Waals surface area contributed by atoms with Crippen LogP contribution in [0.15, 0.2) is 42.9 Å². The van der Waals surface area contributed by atoms with Crippen molar-refractivity contribution in [2.75, 3.05) is 5.32 Å². The molecule has 1 N–H and O–H groups in total. The molecule has 0 radical (unpaired) electrons. The molecule has 0 aromatic carbocycles. The van der Waals surface area contributed by atoms with E-state index < -0.39 is 12.0 Å². The number of nitrogens with zero attached hydrogens (tertiary/aromatic N) is 7. The third-order valence-corrected chi connectivity index (χ3v) is 3.74. The van der Waals surface area contributed by atoms with Gasteiger partial charge in [0.05, 0.1) is 0 Å². The number of halogens is 3. The molecule has 0 saturated heterocycles. The van der Waals surface area contributed by atoms with Gasteiger partial charge in [0.15, 0.2) is 5.82 Å². The predicted octanol–water partition coefficient (Wildman–Crippen LogP) is 2.64. The van der Waals surface area contributed by atoms with Crippen LogP contribution in [0, 0.1) is 6.92 Å². The zero-order valence-corrected chi connectivity index (χ0v) is 14.0. The van der Waals surface area contributed by atoms with Gasteiger partial charge in [-0.15, -0.1) is 5.10 Å². The number of aromatic nitrogens is 7. The van der Waals surface area contributed by atoms with E-state index in [1.54, 1.807) is 48.4 Å². The molecule has 0 fully saturated rings. The first-order valence-electron chi connectivity index (χ1n) is 7.91. The van der Waals surface area contributed by atoms with Gasteiger partial charge in [-0.05, 0) is 19.1 Å². The lowest BCUT2D eigenvalue weighted by molar-refractivity contribution is -0.144. The maximum atomic E-state index is 12.9. The van der Waals surface area contributed by atoms with Gasteiger partial charge in [0.25, 0.3) is 11.6 Å². The second-order valence-electron chi connectivity index (χ2n) is 5.72. The van der Waals surface area contributed by atoms with E-state index in [2.05, 4.69) is 30.5 Å². The number of anilines is 1. The minimum atomic E-state index is -4.64. The topological polar surface area (TPSA) is 85.8 Å². The molecule has 8 nitrogen and oxygen atoms in total. The van der Waals surface area contributed by atoms with Gasteiger partial charge in [0.2, 0.25) is 0 Å². The molecule has 4 aromatic heterocycles. The van der Waals surface area contributed by atoms with Gasteiger partial charge >= 0.3 is 6.18 Å². The van der Waals surface area contributed by atoms with Gasteiger partial charge in [-0.1, -0.05) is 6.07 Å². The van der Waals surface area contributed by atoms with Crippen molar-refractivity contribution in [2.24, 2.45) is 0 Å². The molecule has 0 aliphatic rings. The molecule has 0 atom stereocenters. The minimum absolute atomic E-state index is 0.122. The summed E-state index contributed by atoms with van der Waals surface area (Å²) in [6.45, 7) is 1.97. The first-order valence-corrected chi connectivity index (χ1v) is 7.91. The lowest BCUT2D eigenvalue weighted by Gasteiger charge is -2.11. The van der Waals surface area contributed by atoms with Crippen molar-refractivity contribution < 1.29 is 13.2 Å². The van der Waals surface area contributed by atoms with Crippen molar-refractivity contribution >= 4 is 11.6 Å². The number of pyridine rings is 1. The molecule has 0 bridgehead atoms. The van der Waals surface area contributed by atoms with Gasteiger partial charge in [0.1, 0.15) is 5.82 Å². The van der Waals surface area contributed by atoms with Crippen molar-refractivity contribution in [1.29, 1.82) is 0 Å². The second kappa shape index (κ2) is 6.34. The number of alkyl halides is 3. The normalized spacial score (nSPS) is 11.9. The van der Waals surface area contributed by atoms with E-state index in [0.717, 1.165) is 10.1 Å². The van der Waals surface area contributed by atoms with Crippen LogP contribution in [0.2, 0.25) is 0 Å². The van der Waals surface area contributed by atoms with Gasteiger partial charge in [-0.25, -0.2) is 14.6 Å². The van der Waals surface area contributed by atoms with Gasteiger partial charge in [-0.2, -0.15) is 27.8 Å². The molecule has 0 spiro atoms. The summed E-state index contributed by atoms with van der Waals surface area (Å²) in [5.74, 6) is -0.395. The van der Waals surface area contributed by atoms with Crippen LogP contribution in [0.4, 0.5) is 19.0 Å². The molecule has 27 heavy (non-hydrogen) atoms. The molecule has 138 valence electrons. The first-order chi connectivity index (χ1) is 12.9. The maximum Gasteiger partial charge on any atom is 0.453 e. The van der Waals surface area contributed by atoms with Gasteiger partial charge in [0, 0.05) is 42.5 Å². The Balaban J connectivity index is 1.68. The van der Waals surface area contributed by atoms with Gasteiger partial charge in [-0.3, -0.25) is 0 Å². The Morgan fingerprint density at radius 3 is 2.74 bits per heavy atom. The fourth-order valence-electron chi connectivity index (χ4n) is 2.59. The van der Waals surface area contributed by atoms with Crippen LogP contribution >= 0.6 is 0 Å². The lowest BCUT2D eigenvalue weighted by atomic mass is 10.2. The fraction of sp³-hybridized carbons (Fsp3) is 0.188. The predicted molar refractivity (Wildman–Crippen MR) is 89.2 cm³/mol. The zero-order chi connectivity index (χ0) is 19.0. The van der Waals surface area contributed by atoms with Crippen molar-refractivity contribution in [2.45, 2.75) is 19.6 Å². The SMILES string of the molecule is Cc1cc(NCc2cccnc2-n2cccn2)n2nc(C(F)(F)F)nc2n1. The Hall–Kier alpha value is -3.50. The van der Waals surface area contributed by atoms with E-state index in [1.807, 2.05) is 6.07 Å². The van der Waals surface area contributed by atoms with Crippen molar-refractivity contribution in [3.63, 3.8) is 0 Å². The monoisotopic (exact) mass is 374 g/mol. The number of hydrogen-bond acceptors (Lipinski definition) is 6. The van der Waals surface area contributed by atoms with Crippen LogP contribution in [0.25, 0.3) is 11.6 Å². The van der Waals surface area contributed by atoms with E-state index in [9.17, 15) is 13.2 Å². The summed E-state index contributed by atoms with van der Waals surface area (Å²) < 4.78 is 41.4. The van der Waals surface area contributed by atoms with Crippen LogP contribution in [0.5, 0.6) is 0 Å².